The lowest BCUT2D eigenvalue weighted by Crippen LogP contribution is -2.19. The maximum Gasteiger partial charge on any atom is 0.245 e. The van der Waals surface area contributed by atoms with Crippen molar-refractivity contribution in [1.29, 1.82) is 0 Å². The molecule has 0 fully saturated rings. The number of nitrogens with one attached hydrogen (secondary N) is 1. The predicted molar refractivity (Wildman–Crippen MR) is 87.0 cm³/mol. The minimum atomic E-state index is -0.628. The average Bonchev–Trinajstić information content (AvgIpc) is 2.70. The summed E-state index contributed by atoms with van der Waals surface area (Å²) in [4.78, 5) is 13.7. The number of hydrogen-bond donors (Lipinski definition) is 2. The Bertz CT molecular complexity index is 745. The molecule has 0 saturated heterocycles. The first-order valence-electron chi connectivity index (χ1n) is 6.60. The van der Waals surface area contributed by atoms with Crippen molar-refractivity contribution in [3.05, 3.63) is 52.0 Å². The Morgan fingerprint density at radius 3 is 2.71 bits per heavy atom. The molecular formula is C16H15ClN2OS. The third-order valence-electron chi connectivity index (χ3n) is 3.54. The van der Waals surface area contributed by atoms with Gasteiger partial charge in [0.2, 0.25) is 5.91 Å². The van der Waals surface area contributed by atoms with Crippen LogP contribution >= 0.6 is 23.4 Å². The second-order valence-corrected chi connectivity index (χ2v) is 6.70. The van der Waals surface area contributed by atoms with E-state index in [0.717, 1.165) is 21.0 Å². The van der Waals surface area contributed by atoms with Crippen LogP contribution in [0.2, 0.25) is 5.02 Å². The van der Waals surface area contributed by atoms with Crippen LogP contribution in [0.5, 0.6) is 0 Å². The van der Waals surface area contributed by atoms with Crippen LogP contribution in [0.15, 0.2) is 40.1 Å². The molecule has 0 radical (unpaired) electrons. The van der Waals surface area contributed by atoms with Crippen molar-refractivity contribution in [2.45, 2.75) is 29.7 Å². The van der Waals surface area contributed by atoms with Crippen LogP contribution in [0.1, 0.15) is 22.7 Å². The summed E-state index contributed by atoms with van der Waals surface area (Å²) < 4.78 is 0. The third-order valence-corrected chi connectivity index (χ3v) is 5.19. The second-order valence-electron chi connectivity index (χ2n) is 5.21. The molecule has 3 rings (SSSR count). The molecule has 2 aromatic carbocycles. The van der Waals surface area contributed by atoms with Crippen molar-refractivity contribution in [1.82, 2.24) is 0 Å². The Morgan fingerprint density at radius 1 is 1.19 bits per heavy atom. The van der Waals surface area contributed by atoms with Crippen LogP contribution in [-0.4, -0.2) is 5.91 Å². The van der Waals surface area contributed by atoms with Gasteiger partial charge < -0.3 is 11.1 Å². The van der Waals surface area contributed by atoms with Gasteiger partial charge >= 0.3 is 0 Å². The number of aryl methyl sites for hydroxylation is 2. The normalized spacial score (nSPS) is 16.8. The molecule has 1 unspecified atom stereocenters. The van der Waals surface area contributed by atoms with E-state index in [0.29, 0.717) is 5.02 Å². The number of anilines is 1. The molecule has 0 bridgehead atoms. The van der Waals surface area contributed by atoms with E-state index in [9.17, 15) is 4.79 Å². The summed E-state index contributed by atoms with van der Waals surface area (Å²) in [6.45, 7) is 4.13. The van der Waals surface area contributed by atoms with Gasteiger partial charge in [0.05, 0.1) is 5.02 Å². The maximum atomic E-state index is 11.6. The van der Waals surface area contributed by atoms with Crippen molar-refractivity contribution in [2.24, 2.45) is 5.73 Å². The Labute approximate surface area is 132 Å². The quantitative estimate of drug-likeness (QED) is 0.878. The minimum absolute atomic E-state index is 0.185. The smallest absolute Gasteiger partial charge is 0.245 e. The monoisotopic (exact) mass is 318 g/mol. The summed E-state index contributed by atoms with van der Waals surface area (Å²) in [5, 5.41) is 3.41. The van der Waals surface area contributed by atoms with Crippen molar-refractivity contribution < 1.29 is 4.79 Å². The zero-order valence-corrected chi connectivity index (χ0v) is 13.3. The maximum absolute atomic E-state index is 11.6. The summed E-state index contributed by atoms with van der Waals surface area (Å²) >= 11 is 7.95. The SMILES string of the molecule is Cc1ccc(C)c(Sc2cc3c(cc2Cl)C(N)C(=O)N3)c1. The Morgan fingerprint density at radius 2 is 1.95 bits per heavy atom. The average molecular weight is 319 g/mol. The van der Waals surface area contributed by atoms with Gasteiger partial charge in [-0.3, -0.25) is 4.79 Å². The number of halogens is 1. The lowest BCUT2D eigenvalue weighted by Gasteiger charge is -2.10. The van der Waals surface area contributed by atoms with Crippen LogP contribution in [0.4, 0.5) is 5.69 Å². The fourth-order valence-corrected chi connectivity index (χ4v) is 3.63. The molecule has 0 aliphatic carbocycles. The van der Waals surface area contributed by atoms with E-state index >= 15 is 0 Å². The summed E-state index contributed by atoms with van der Waals surface area (Å²) in [6.07, 6.45) is 0. The van der Waals surface area contributed by atoms with E-state index in [1.54, 1.807) is 17.8 Å². The van der Waals surface area contributed by atoms with E-state index in [1.807, 2.05) is 6.07 Å². The van der Waals surface area contributed by atoms with Crippen LogP contribution in [0, 0.1) is 13.8 Å². The molecule has 0 aromatic heterocycles. The molecule has 1 amide bonds. The van der Waals surface area contributed by atoms with E-state index in [4.69, 9.17) is 17.3 Å². The number of amides is 1. The largest absolute Gasteiger partial charge is 0.324 e. The topological polar surface area (TPSA) is 55.1 Å². The van der Waals surface area contributed by atoms with E-state index in [2.05, 4.69) is 37.4 Å². The Balaban J connectivity index is 1.99. The van der Waals surface area contributed by atoms with Crippen LogP contribution in [0.25, 0.3) is 0 Å². The van der Waals surface area contributed by atoms with E-state index < -0.39 is 6.04 Å². The van der Waals surface area contributed by atoms with Gasteiger partial charge in [0.1, 0.15) is 6.04 Å². The molecule has 0 saturated carbocycles. The lowest BCUT2D eigenvalue weighted by molar-refractivity contribution is -0.116. The van der Waals surface area contributed by atoms with Gasteiger partial charge in [-0.05, 0) is 43.2 Å². The Hall–Kier alpha value is -1.49. The fraction of sp³-hybridized carbons (Fsp3) is 0.188. The highest BCUT2D eigenvalue weighted by Gasteiger charge is 2.28. The summed E-state index contributed by atoms with van der Waals surface area (Å²) in [5.74, 6) is -0.185. The number of carbonyl (C=O) groups is 1. The van der Waals surface area contributed by atoms with Crippen molar-refractivity contribution in [2.75, 3.05) is 5.32 Å². The van der Waals surface area contributed by atoms with Crippen LogP contribution in [-0.2, 0) is 4.79 Å². The van der Waals surface area contributed by atoms with Crippen LogP contribution < -0.4 is 11.1 Å². The molecule has 1 atom stereocenters. The molecule has 1 heterocycles. The summed E-state index contributed by atoms with van der Waals surface area (Å²) in [7, 11) is 0. The first-order valence-corrected chi connectivity index (χ1v) is 7.80. The number of benzene rings is 2. The van der Waals surface area contributed by atoms with Crippen LogP contribution in [0.3, 0.4) is 0 Å². The number of nitrogens with two attached hydrogens (primary N) is 1. The standard InChI is InChI=1S/C16H15ClN2OS/c1-8-3-4-9(2)13(5-8)21-14-7-12-10(6-11(14)17)15(18)16(20)19-12/h3-7,15H,18H2,1-2H3,(H,19,20). The minimum Gasteiger partial charge on any atom is -0.324 e. The zero-order chi connectivity index (χ0) is 15.1. The van der Waals surface area contributed by atoms with Gasteiger partial charge in [-0.15, -0.1) is 0 Å². The molecule has 3 N–H and O–H groups in total. The van der Waals surface area contributed by atoms with Gasteiger partial charge in [0, 0.05) is 21.0 Å². The van der Waals surface area contributed by atoms with Gasteiger partial charge in [0.15, 0.2) is 0 Å². The molecule has 21 heavy (non-hydrogen) atoms. The van der Waals surface area contributed by atoms with Crippen molar-refractivity contribution >= 4 is 35.0 Å². The lowest BCUT2D eigenvalue weighted by atomic mass is 10.1. The molecule has 108 valence electrons. The number of rotatable bonds is 2. The number of hydrogen-bond acceptors (Lipinski definition) is 3. The first kappa shape index (κ1) is 14.4. The third kappa shape index (κ3) is 2.67. The summed E-state index contributed by atoms with van der Waals surface area (Å²) in [6, 6.07) is 9.37. The number of carbonyl (C=O) groups excluding carboxylic acids is 1. The van der Waals surface area contributed by atoms with Gasteiger partial charge in [-0.1, -0.05) is 35.5 Å². The second kappa shape index (κ2) is 5.37. The molecule has 5 heteroatoms. The van der Waals surface area contributed by atoms with Gasteiger partial charge in [0.25, 0.3) is 0 Å². The highest BCUT2D eigenvalue weighted by Crippen LogP contribution is 2.41. The van der Waals surface area contributed by atoms with Gasteiger partial charge in [-0.2, -0.15) is 0 Å². The molecule has 0 spiro atoms. The molecule has 2 aromatic rings. The Kier molecular flexibility index (Phi) is 3.69. The van der Waals surface area contributed by atoms with Gasteiger partial charge in [-0.25, -0.2) is 0 Å². The molecule has 1 aliphatic rings. The molecule has 3 nitrogen and oxygen atoms in total. The molecule has 1 aliphatic heterocycles. The first-order chi connectivity index (χ1) is 9.95. The fourth-order valence-electron chi connectivity index (χ4n) is 2.30. The van der Waals surface area contributed by atoms with Crippen molar-refractivity contribution in [3.63, 3.8) is 0 Å². The predicted octanol–water partition coefficient (Wildman–Crippen LogP) is 4.06. The molecular weight excluding hydrogens is 304 g/mol. The summed E-state index contributed by atoms with van der Waals surface area (Å²) in [5.41, 5.74) is 9.74. The highest BCUT2D eigenvalue weighted by atomic mass is 35.5. The number of fused-ring (bicyclic) bond motifs is 1. The highest BCUT2D eigenvalue weighted by molar-refractivity contribution is 7.99. The van der Waals surface area contributed by atoms with E-state index in [-0.39, 0.29) is 5.91 Å². The zero-order valence-electron chi connectivity index (χ0n) is 11.7. The van der Waals surface area contributed by atoms with Crippen molar-refractivity contribution in [3.8, 4) is 0 Å². The van der Waals surface area contributed by atoms with E-state index in [1.165, 1.54) is 11.1 Å².